The molecule has 1 saturated heterocycles. The maximum atomic E-state index is 12.1. The molecule has 1 unspecified atom stereocenters. The highest BCUT2D eigenvalue weighted by Gasteiger charge is 2.32. The molecule has 1 aliphatic heterocycles. The minimum atomic E-state index is -0.242. The Labute approximate surface area is 156 Å². The van der Waals surface area contributed by atoms with Gasteiger partial charge in [-0.2, -0.15) is 4.98 Å². The molecule has 1 N–H and O–H groups in total. The molecule has 3 aromatic rings. The Hall–Kier alpha value is -2.80. The number of hydrogen-bond acceptors (Lipinski definition) is 6. The molecule has 1 aromatic carbocycles. The van der Waals surface area contributed by atoms with Crippen molar-refractivity contribution in [1.29, 1.82) is 0 Å². The van der Waals surface area contributed by atoms with Crippen LogP contribution in [0.5, 0.6) is 0 Å². The number of benzene rings is 1. The lowest BCUT2D eigenvalue weighted by atomic mass is 10.2. The molecule has 2 aromatic heterocycles. The van der Waals surface area contributed by atoms with E-state index in [9.17, 15) is 4.79 Å². The molecule has 3 heterocycles. The highest BCUT2D eigenvalue weighted by atomic mass is 16.5. The smallest absolute Gasteiger partial charge is 0.292 e. The van der Waals surface area contributed by atoms with Crippen LogP contribution in [0, 0.1) is 0 Å². The summed E-state index contributed by atoms with van der Waals surface area (Å²) in [6.45, 7) is 1.67. The Morgan fingerprint density at radius 2 is 2.04 bits per heavy atom. The minimum Gasteiger partial charge on any atom is -0.346 e. The number of hydrogen-bond donors (Lipinski definition) is 1. The van der Waals surface area contributed by atoms with Crippen LogP contribution >= 0.6 is 0 Å². The fraction of sp³-hybridized carbons (Fsp3) is 0.400. The molecule has 1 saturated carbocycles. The van der Waals surface area contributed by atoms with Crippen LogP contribution in [-0.2, 0) is 6.54 Å². The van der Waals surface area contributed by atoms with Crippen molar-refractivity contribution in [3.05, 3.63) is 53.8 Å². The number of pyridine rings is 1. The highest BCUT2D eigenvalue weighted by Crippen LogP contribution is 2.32. The Morgan fingerprint density at radius 1 is 1.15 bits per heavy atom. The third-order valence-corrected chi connectivity index (χ3v) is 5.23. The third kappa shape index (κ3) is 3.42. The van der Waals surface area contributed by atoms with Crippen LogP contribution in [0.4, 0.5) is 0 Å². The van der Waals surface area contributed by atoms with E-state index in [0.717, 1.165) is 55.4 Å². The molecule has 2 aliphatic rings. The van der Waals surface area contributed by atoms with Crippen molar-refractivity contribution in [1.82, 2.24) is 25.3 Å². The Kier molecular flexibility index (Phi) is 4.09. The fourth-order valence-electron chi connectivity index (χ4n) is 3.64. The average molecular weight is 363 g/mol. The maximum absolute atomic E-state index is 12.1. The minimum absolute atomic E-state index is 0.0354. The van der Waals surface area contributed by atoms with E-state index in [2.05, 4.69) is 38.6 Å². The highest BCUT2D eigenvalue weighted by molar-refractivity contribution is 5.90. The van der Waals surface area contributed by atoms with Gasteiger partial charge in [0, 0.05) is 18.0 Å². The lowest BCUT2D eigenvalue weighted by Crippen LogP contribution is -2.27. The van der Waals surface area contributed by atoms with Crippen LogP contribution < -0.4 is 5.32 Å². The van der Waals surface area contributed by atoms with Gasteiger partial charge < -0.3 is 9.84 Å². The number of para-hydroxylation sites is 1. The molecule has 1 aliphatic carbocycles. The molecule has 27 heavy (non-hydrogen) atoms. The van der Waals surface area contributed by atoms with E-state index in [1.807, 2.05) is 18.2 Å². The van der Waals surface area contributed by atoms with E-state index in [1.165, 1.54) is 0 Å². The second-order valence-corrected chi connectivity index (χ2v) is 7.33. The Balaban J connectivity index is 1.32. The number of likely N-dealkylation sites (tertiary alicyclic amines) is 1. The number of rotatable bonds is 5. The lowest BCUT2D eigenvalue weighted by Gasteiger charge is -2.21. The molecule has 0 bridgehead atoms. The van der Waals surface area contributed by atoms with Gasteiger partial charge in [-0.3, -0.25) is 14.7 Å². The summed E-state index contributed by atoms with van der Waals surface area (Å²) in [5.74, 6) is 0.412. The van der Waals surface area contributed by atoms with E-state index in [-0.39, 0.29) is 23.8 Å². The number of carbonyl (C=O) groups is 1. The fourth-order valence-corrected chi connectivity index (χ4v) is 3.64. The topological polar surface area (TPSA) is 84.2 Å². The van der Waals surface area contributed by atoms with Crippen molar-refractivity contribution in [3.63, 3.8) is 0 Å². The monoisotopic (exact) mass is 363 g/mol. The molecule has 1 amide bonds. The summed E-state index contributed by atoms with van der Waals surface area (Å²) < 4.78 is 5.43. The summed E-state index contributed by atoms with van der Waals surface area (Å²) in [7, 11) is 0. The average Bonchev–Trinajstić information content (AvgIpc) is 3.18. The largest absolute Gasteiger partial charge is 0.346 e. The van der Waals surface area contributed by atoms with E-state index < -0.39 is 0 Å². The van der Waals surface area contributed by atoms with E-state index >= 15 is 0 Å². The molecule has 7 nitrogen and oxygen atoms in total. The summed E-state index contributed by atoms with van der Waals surface area (Å²) in [6, 6.07) is 12.6. The van der Waals surface area contributed by atoms with Crippen LogP contribution in [0.1, 0.15) is 53.9 Å². The van der Waals surface area contributed by atoms with Crippen LogP contribution in [0.2, 0.25) is 0 Å². The number of carbonyl (C=O) groups excluding carboxylic acids is 1. The van der Waals surface area contributed by atoms with Crippen LogP contribution in [-0.4, -0.2) is 38.5 Å². The predicted octanol–water partition coefficient (Wildman–Crippen LogP) is 2.85. The summed E-state index contributed by atoms with van der Waals surface area (Å²) in [5, 5.41) is 7.92. The van der Waals surface area contributed by atoms with Crippen molar-refractivity contribution in [3.8, 4) is 0 Å². The van der Waals surface area contributed by atoms with Crippen molar-refractivity contribution in [2.24, 2.45) is 0 Å². The standard InChI is InChI=1S/C20H21N5O2/c26-19(22-14-9-10-14)18-23-20(27-24-18)17-6-3-11-25(17)12-15-8-7-13-4-1-2-5-16(13)21-15/h1-2,4-5,7-8,14,17H,3,6,9-12H2,(H,22,26). The molecule has 5 rings (SSSR count). The van der Waals surface area contributed by atoms with Gasteiger partial charge in [0.15, 0.2) is 0 Å². The quantitative estimate of drug-likeness (QED) is 0.750. The molecular weight excluding hydrogens is 342 g/mol. The molecule has 2 fully saturated rings. The second kappa shape index (κ2) is 6.74. The number of fused-ring (bicyclic) bond motifs is 1. The maximum Gasteiger partial charge on any atom is 0.292 e. The first-order valence-corrected chi connectivity index (χ1v) is 9.49. The van der Waals surface area contributed by atoms with Gasteiger partial charge in [-0.05, 0) is 44.4 Å². The van der Waals surface area contributed by atoms with Gasteiger partial charge in [-0.25, -0.2) is 0 Å². The summed E-state index contributed by atoms with van der Waals surface area (Å²) in [6.07, 6.45) is 4.07. The van der Waals surface area contributed by atoms with Crippen molar-refractivity contribution >= 4 is 16.8 Å². The molecule has 1 atom stereocenters. The van der Waals surface area contributed by atoms with Gasteiger partial charge in [-0.15, -0.1) is 0 Å². The van der Waals surface area contributed by atoms with Gasteiger partial charge in [0.05, 0.1) is 17.3 Å². The summed E-state index contributed by atoms with van der Waals surface area (Å²) in [5.41, 5.74) is 2.02. The first kappa shape index (κ1) is 16.4. The molecule has 7 heteroatoms. The SMILES string of the molecule is O=C(NC1CC1)c1noc(C2CCCN2Cc2ccc3ccccc3n2)n1. The second-order valence-electron chi connectivity index (χ2n) is 7.33. The number of nitrogens with zero attached hydrogens (tertiary/aromatic N) is 4. The first-order chi connectivity index (χ1) is 13.3. The first-order valence-electron chi connectivity index (χ1n) is 9.49. The zero-order valence-corrected chi connectivity index (χ0v) is 15.0. The Morgan fingerprint density at radius 3 is 2.93 bits per heavy atom. The van der Waals surface area contributed by atoms with Crippen molar-refractivity contribution in [2.75, 3.05) is 6.54 Å². The zero-order valence-electron chi connectivity index (χ0n) is 15.0. The lowest BCUT2D eigenvalue weighted by molar-refractivity contribution is 0.0937. The number of nitrogens with one attached hydrogen (secondary N) is 1. The van der Waals surface area contributed by atoms with Gasteiger partial charge in [0.2, 0.25) is 5.89 Å². The van der Waals surface area contributed by atoms with Crippen LogP contribution in [0.3, 0.4) is 0 Å². The van der Waals surface area contributed by atoms with Gasteiger partial charge in [0.25, 0.3) is 11.7 Å². The zero-order chi connectivity index (χ0) is 18.2. The van der Waals surface area contributed by atoms with Crippen molar-refractivity contribution < 1.29 is 9.32 Å². The number of aromatic nitrogens is 3. The Bertz CT molecular complexity index is 981. The van der Waals surface area contributed by atoms with Crippen molar-refractivity contribution in [2.45, 2.75) is 44.3 Å². The molecular formula is C20H21N5O2. The molecule has 138 valence electrons. The predicted molar refractivity (Wildman–Crippen MR) is 98.9 cm³/mol. The van der Waals surface area contributed by atoms with Gasteiger partial charge in [-0.1, -0.05) is 29.4 Å². The van der Waals surface area contributed by atoms with E-state index in [1.54, 1.807) is 0 Å². The third-order valence-electron chi connectivity index (χ3n) is 5.23. The van der Waals surface area contributed by atoms with Crippen LogP contribution in [0.25, 0.3) is 10.9 Å². The summed E-state index contributed by atoms with van der Waals surface area (Å²) >= 11 is 0. The summed E-state index contributed by atoms with van der Waals surface area (Å²) in [4.78, 5) is 23.5. The van der Waals surface area contributed by atoms with Gasteiger partial charge in [0.1, 0.15) is 0 Å². The molecule has 0 spiro atoms. The van der Waals surface area contributed by atoms with E-state index in [4.69, 9.17) is 9.51 Å². The van der Waals surface area contributed by atoms with Crippen LogP contribution in [0.15, 0.2) is 40.9 Å². The molecule has 0 radical (unpaired) electrons. The van der Waals surface area contributed by atoms with Gasteiger partial charge >= 0.3 is 0 Å². The normalized spacial score (nSPS) is 20.2. The van der Waals surface area contributed by atoms with E-state index in [0.29, 0.717) is 5.89 Å². The number of amides is 1.